The van der Waals surface area contributed by atoms with E-state index in [1.165, 1.54) is 6.20 Å². The lowest BCUT2D eigenvalue weighted by molar-refractivity contribution is 0.601. The number of hydrogen-bond acceptors (Lipinski definition) is 3. The molecule has 2 aromatic rings. The van der Waals surface area contributed by atoms with E-state index < -0.39 is 10.0 Å². The van der Waals surface area contributed by atoms with E-state index in [1.807, 2.05) is 26.0 Å². The number of nitrogens with one attached hydrogen (secondary N) is 1. The van der Waals surface area contributed by atoms with Gasteiger partial charge in [0.15, 0.2) is 0 Å². The minimum atomic E-state index is -3.57. The van der Waals surface area contributed by atoms with Crippen molar-refractivity contribution >= 4 is 31.6 Å². The molecular formula is C14H15BrN2O2S. The molecule has 0 saturated carbocycles. The maximum absolute atomic E-state index is 12.2. The number of nitrogens with zero attached hydrogens (tertiary/aromatic N) is 1. The third-order valence-corrected chi connectivity index (χ3v) is 5.14. The standard InChI is InChI=1S/C14H15BrN2O2S/c1-3-11-4-6-13(7-5-11)20(18,19)17-12-8-10(2)14(15)16-9-12/h4-9,17H,3H2,1-2H3. The van der Waals surface area contributed by atoms with Crippen molar-refractivity contribution < 1.29 is 8.42 Å². The third-order valence-electron chi connectivity index (χ3n) is 2.91. The maximum atomic E-state index is 12.2. The minimum absolute atomic E-state index is 0.246. The molecule has 0 atom stereocenters. The number of aromatic nitrogens is 1. The van der Waals surface area contributed by atoms with Gasteiger partial charge in [0, 0.05) is 0 Å². The van der Waals surface area contributed by atoms with Crippen molar-refractivity contribution in [3.8, 4) is 0 Å². The average Bonchev–Trinajstić information content (AvgIpc) is 2.43. The first-order chi connectivity index (χ1) is 9.42. The summed E-state index contributed by atoms with van der Waals surface area (Å²) in [6, 6.07) is 8.59. The Balaban J connectivity index is 2.27. The molecule has 6 heteroatoms. The molecule has 0 fully saturated rings. The van der Waals surface area contributed by atoms with Gasteiger partial charge in [-0.05, 0) is 58.6 Å². The van der Waals surface area contributed by atoms with Gasteiger partial charge in [-0.25, -0.2) is 13.4 Å². The van der Waals surface area contributed by atoms with Crippen molar-refractivity contribution in [2.45, 2.75) is 25.2 Å². The zero-order valence-corrected chi connectivity index (χ0v) is 13.6. The van der Waals surface area contributed by atoms with Gasteiger partial charge in [0.25, 0.3) is 10.0 Å². The van der Waals surface area contributed by atoms with E-state index in [4.69, 9.17) is 0 Å². The van der Waals surface area contributed by atoms with Gasteiger partial charge in [-0.2, -0.15) is 0 Å². The van der Waals surface area contributed by atoms with Crippen molar-refractivity contribution in [3.63, 3.8) is 0 Å². The Labute approximate surface area is 127 Å². The van der Waals surface area contributed by atoms with E-state index in [-0.39, 0.29) is 4.90 Å². The van der Waals surface area contributed by atoms with Gasteiger partial charge in [0.1, 0.15) is 4.60 Å². The summed E-state index contributed by atoms with van der Waals surface area (Å²) in [7, 11) is -3.57. The Kier molecular flexibility index (Phi) is 4.45. The quantitative estimate of drug-likeness (QED) is 0.854. The molecule has 0 unspecified atom stereocenters. The van der Waals surface area contributed by atoms with Crippen molar-refractivity contribution in [1.82, 2.24) is 4.98 Å². The predicted molar refractivity (Wildman–Crippen MR) is 83.3 cm³/mol. The van der Waals surface area contributed by atoms with Crippen LogP contribution < -0.4 is 4.72 Å². The molecule has 1 N–H and O–H groups in total. The van der Waals surface area contributed by atoms with Crippen LogP contribution in [0.5, 0.6) is 0 Å². The second-order valence-electron chi connectivity index (χ2n) is 4.43. The summed E-state index contributed by atoms with van der Waals surface area (Å²) in [5.74, 6) is 0. The Morgan fingerprint density at radius 1 is 1.25 bits per heavy atom. The van der Waals surface area contributed by atoms with Crippen LogP contribution in [0.25, 0.3) is 0 Å². The fourth-order valence-electron chi connectivity index (χ4n) is 1.73. The Morgan fingerprint density at radius 2 is 1.90 bits per heavy atom. The lowest BCUT2D eigenvalue weighted by atomic mass is 10.2. The molecule has 0 spiro atoms. The molecule has 0 radical (unpaired) electrons. The number of pyridine rings is 1. The fourth-order valence-corrected chi connectivity index (χ4v) is 2.98. The highest BCUT2D eigenvalue weighted by molar-refractivity contribution is 9.10. The third kappa shape index (κ3) is 3.37. The largest absolute Gasteiger partial charge is 0.278 e. The zero-order chi connectivity index (χ0) is 14.8. The van der Waals surface area contributed by atoms with Crippen LogP contribution in [0.4, 0.5) is 5.69 Å². The topological polar surface area (TPSA) is 59.1 Å². The predicted octanol–water partition coefficient (Wildman–Crippen LogP) is 3.52. The average molecular weight is 355 g/mol. The van der Waals surface area contributed by atoms with Gasteiger partial charge in [-0.1, -0.05) is 19.1 Å². The van der Waals surface area contributed by atoms with Crippen LogP contribution in [0.15, 0.2) is 46.0 Å². The number of benzene rings is 1. The SMILES string of the molecule is CCc1ccc(S(=O)(=O)Nc2cnc(Br)c(C)c2)cc1. The first-order valence-corrected chi connectivity index (χ1v) is 8.44. The number of anilines is 1. The van der Waals surface area contributed by atoms with E-state index in [1.54, 1.807) is 18.2 Å². The monoisotopic (exact) mass is 354 g/mol. The molecule has 0 aliphatic rings. The van der Waals surface area contributed by atoms with E-state index in [2.05, 4.69) is 25.6 Å². The molecule has 0 aliphatic heterocycles. The highest BCUT2D eigenvalue weighted by Crippen LogP contribution is 2.20. The van der Waals surface area contributed by atoms with Crippen LogP contribution in [-0.2, 0) is 16.4 Å². The molecule has 1 heterocycles. The molecule has 4 nitrogen and oxygen atoms in total. The molecule has 1 aromatic carbocycles. The highest BCUT2D eigenvalue weighted by atomic mass is 79.9. The molecule has 2 rings (SSSR count). The van der Waals surface area contributed by atoms with E-state index >= 15 is 0 Å². The first kappa shape index (κ1) is 15.0. The minimum Gasteiger partial charge on any atom is -0.278 e. The van der Waals surface area contributed by atoms with E-state index in [9.17, 15) is 8.42 Å². The summed E-state index contributed by atoms with van der Waals surface area (Å²) >= 11 is 3.28. The molecule has 0 amide bonds. The Morgan fingerprint density at radius 3 is 2.45 bits per heavy atom. The summed E-state index contributed by atoms with van der Waals surface area (Å²) in [6.07, 6.45) is 2.36. The van der Waals surface area contributed by atoms with Crippen LogP contribution in [0.1, 0.15) is 18.1 Å². The molecular weight excluding hydrogens is 340 g/mol. The number of sulfonamides is 1. The van der Waals surface area contributed by atoms with E-state index in [0.29, 0.717) is 10.3 Å². The van der Waals surface area contributed by atoms with Gasteiger partial charge in [-0.15, -0.1) is 0 Å². The number of rotatable bonds is 4. The van der Waals surface area contributed by atoms with Gasteiger partial charge in [0.2, 0.25) is 0 Å². The van der Waals surface area contributed by atoms with Crippen LogP contribution >= 0.6 is 15.9 Å². The summed E-state index contributed by atoms with van der Waals surface area (Å²) in [5.41, 5.74) is 2.42. The smallest absolute Gasteiger partial charge is 0.261 e. The molecule has 0 aliphatic carbocycles. The highest BCUT2D eigenvalue weighted by Gasteiger charge is 2.14. The lowest BCUT2D eigenvalue weighted by Gasteiger charge is -2.09. The van der Waals surface area contributed by atoms with Crippen LogP contribution in [0, 0.1) is 6.92 Å². The van der Waals surface area contributed by atoms with Gasteiger partial charge >= 0.3 is 0 Å². The second-order valence-corrected chi connectivity index (χ2v) is 6.87. The molecule has 0 bridgehead atoms. The van der Waals surface area contributed by atoms with Crippen LogP contribution in [0.3, 0.4) is 0 Å². The first-order valence-electron chi connectivity index (χ1n) is 6.16. The number of halogens is 1. The lowest BCUT2D eigenvalue weighted by Crippen LogP contribution is -2.13. The number of aryl methyl sites for hydroxylation is 2. The molecule has 1 aromatic heterocycles. The van der Waals surface area contributed by atoms with Crippen molar-refractivity contribution in [3.05, 3.63) is 52.3 Å². The number of hydrogen-bond donors (Lipinski definition) is 1. The van der Waals surface area contributed by atoms with Gasteiger partial charge in [-0.3, -0.25) is 4.72 Å². The Hall–Kier alpha value is -1.40. The maximum Gasteiger partial charge on any atom is 0.261 e. The molecule has 20 heavy (non-hydrogen) atoms. The normalized spacial score (nSPS) is 11.3. The van der Waals surface area contributed by atoms with Crippen LogP contribution in [0.2, 0.25) is 0 Å². The van der Waals surface area contributed by atoms with Crippen molar-refractivity contribution in [1.29, 1.82) is 0 Å². The second kappa shape index (κ2) is 5.93. The van der Waals surface area contributed by atoms with Crippen LogP contribution in [-0.4, -0.2) is 13.4 Å². The zero-order valence-electron chi connectivity index (χ0n) is 11.2. The van der Waals surface area contributed by atoms with Gasteiger partial charge in [0.05, 0.1) is 16.8 Å². The fraction of sp³-hybridized carbons (Fsp3) is 0.214. The summed E-state index contributed by atoms with van der Waals surface area (Å²) in [6.45, 7) is 3.88. The summed E-state index contributed by atoms with van der Waals surface area (Å²) in [5, 5.41) is 0. The molecule has 106 valence electrons. The summed E-state index contributed by atoms with van der Waals surface area (Å²) < 4.78 is 27.7. The van der Waals surface area contributed by atoms with Gasteiger partial charge < -0.3 is 0 Å². The van der Waals surface area contributed by atoms with Crippen molar-refractivity contribution in [2.75, 3.05) is 4.72 Å². The Bertz CT molecular complexity index is 712. The summed E-state index contributed by atoms with van der Waals surface area (Å²) in [4.78, 5) is 4.32. The van der Waals surface area contributed by atoms with E-state index in [0.717, 1.165) is 17.5 Å². The molecule has 0 saturated heterocycles. The van der Waals surface area contributed by atoms with Crippen molar-refractivity contribution in [2.24, 2.45) is 0 Å².